The van der Waals surface area contributed by atoms with Gasteiger partial charge in [0.2, 0.25) is 11.8 Å². The summed E-state index contributed by atoms with van der Waals surface area (Å²) in [7, 11) is 0. The monoisotopic (exact) mass is 170 g/mol. The summed E-state index contributed by atoms with van der Waals surface area (Å²) in [6.45, 7) is 4.26. The van der Waals surface area contributed by atoms with Crippen molar-refractivity contribution in [2.45, 2.75) is 13.8 Å². The van der Waals surface area contributed by atoms with Gasteiger partial charge in [0.1, 0.15) is 0 Å². The summed E-state index contributed by atoms with van der Waals surface area (Å²) in [5.41, 5.74) is 5.28. The third-order valence-electron chi connectivity index (χ3n) is 2.41. The van der Waals surface area contributed by atoms with Gasteiger partial charge in [0.05, 0.1) is 0 Å². The molecular weight excluding hydrogens is 156 g/mol. The van der Waals surface area contributed by atoms with E-state index in [0.29, 0.717) is 13.1 Å². The lowest BCUT2D eigenvalue weighted by atomic mass is 10.00. The quantitative estimate of drug-likeness (QED) is 0.573. The van der Waals surface area contributed by atoms with E-state index >= 15 is 0 Å². The van der Waals surface area contributed by atoms with E-state index < -0.39 is 0 Å². The number of hydrogen-bond donors (Lipinski definition) is 1. The molecular formula is C8H14N2O2. The maximum atomic E-state index is 11.4. The molecule has 0 aromatic carbocycles. The minimum Gasteiger partial charge on any atom is -0.329 e. The number of nitrogens with zero attached hydrogens (tertiary/aromatic N) is 1. The van der Waals surface area contributed by atoms with E-state index in [1.165, 1.54) is 4.90 Å². The fourth-order valence-corrected chi connectivity index (χ4v) is 1.38. The average molecular weight is 170 g/mol. The number of carbonyl (C=O) groups is 2. The highest BCUT2D eigenvalue weighted by molar-refractivity contribution is 6.04. The van der Waals surface area contributed by atoms with E-state index in [1.807, 2.05) is 0 Å². The van der Waals surface area contributed by atoms with Crippen molar-refractivity contribution in [2.24, 2.45) is 17.6 Å². The molecule has 0 bridgehead atoms. The lowest BCUT2D eigenvalue weighted by Crippen LogP contribution is -2.35. The maximum Gasteiger partial charge on any atom is 0.232 e. The van der Waals surface area contributed by atoms with Gasteiger partial charge in [-0.3, -0.25) is 14.5 Å². The van der Waals surface area contributed by atoms with Crippen LogP contribution in [0.3, 0.4) is 0 Å². The van der Waals surface area contributed by atoms with Gasteiger partial charge in [-0.1, -0.05) is 13.8 Å². The lowest BCUT2D eigenvalue weighted by molar-refractivity contribution is -0.139. The number of nitrogens with two attached hydrogens (primary N) is 1. The smallest absolute Gasteiger partial charge is 0.232 e. The van der Waals surface area contributed by atoms with E-state index in [0.717, 1.165) is 0 Å². The van der Waals surface area contributed by atoms with Gasteiger partial charge < -0.3 is 5.73 Å². The van der Waals surface area contributed by atoms with Crippen LogP contribution in [-0.4, -0.2) is 29.8 Å². The van der Waals surface area contributed by atoms with Crippen LogP contribution in [-0.2, 0) is 9.59 Å². The largest absolute Gasteiger partial charge is 0.329 e. The Balaban J connectivity index is 2.76. The van der Waals surface area contributed by atoms with Crippen LogP contribution in [0.1, 0.15) is 13.8 Å². The van der Waals surface area contributed by atoms with Crippen LogP contribution < -0.4 is 5.73 Å². The second-order valence-corrected chi connectivity index (χ2v) is 3.19. The molecule has 4 nitrogen and oxygen atoms in total. The molecule has 4 heteroatoms. The second kappa shape index (κ2) is 3.23. The molecule has 2 N–H and O–H groups in total. The third kappa shape index (κ3) is 1.22. The summed E-state index contributed by atoms with van der Waals surface area (Å²) in [5.74, 6) is -0.524. The molecule has 1 rings (SSSR count). The second-order valence-electron chi connectivity index (χ2n) is 3.19. The Morgan fingerprint density at radius 3 is 2.00 bits per heavy atom. The van der Waals surface area contributed by atoms with Crippen molar-refractivity contribution in [1.82, 2.24) is 4.90 Å². The molecule has 1 aliphatic heterocycles. The van der Waals surface area contributed by atoms with Crippen molar-refractivity contribution in [1.29, 1.82) is 0 Å². The first kappa shape index (κ1) is 9.19. The van der Waals surface area contributed by atoms with Crippen molar-refractivity contribution < 1.29 is 9.59 Å². The van der Waals surface area contributed by atoms with Crippen LogP contribution in [0, 0.1) is 11.8 Å². The van der Waals surface area contributed by atoms with Crippen LogP contribution >= 0.6 is 0 Å². The Morgan fingerprint density at radius 2 is 1.67 bits per heavy atom. The van der Waals surface area contributed by atoms with Crippen molar-refractivity contribution in [3.63, 3.8) is 0 Å². The predicted octanol–water partition coefficient (Wildman–Crippen LogP) is -0.414. The minimum absolute atomic E-state index is 0.0852. The zero-order valence-electron chi connectivity index (χ0n) is 7.41. The molecule has 1 heterocycles. The Morgan fingerprint density at radius 1 is 1.25 bits per heavy atom. The lowest BCUT2D eigenvalue weighted by Gasteiger charge is -2.11. The molecule has 0 aliphatic carbocycles. The highest BCUT2D eigenvalue weighted by Gasteiger charge is 2.41. The molecule has 0 aromatic heterocycles. The van der Waals surface area contributed by atoms with E-state index in [9.17, 15) is 9.59 Å². The fraction of sp³-hybridized carbons (Fsp3) is 0.750. The Bertz CT molecular complexity index is 195. The van der Waals surface area contributed by atoms with Crippen molar-refractivity contribution in [3.05, 3.63) is 0 Å². The molecule has 2 amide bonds. The Hall–Kier alpha value is -0.900. The van der Waals surface area contributed by atoms with Gasteiger partial charge in [-0.05, 0) is 0 Å². The molecule has 0 aromatic rings. The van der Waals surface area contributed by atoms with Gasteiger partial charge in [0.25, 0.3) is 0 Å². The fourth-order valence-electron chi connectivity index (χ4n) is 1.38. The van der Waals surface area contributed by atoms with Gasteiger partial charge in [-0.2, -0.15) is 0 Å². The highest BCUT2D eigenvalue weighted by Crippen LogP contribution is 2.24. The number of rotatable bonds is 2. The number of carbonyl (C=O) groups excluding carboxylic acids is 2. The Kier molecular flexibility index (Phi) is 2.47. The summed E-state index contributed by atoms with van der Waals surface area (Å²) in [5, 5.41) is 0. The van der Waals surface area contributed by atoms with Crippen LogP contribution in [0.4, 0.5) is 0 Å². The van der Waals surface area contributed by atoms with Crippen LogP contribution in [0.5, 0.6) is 0 Å². The molecule has 1 fully saturated rings. The van der Waals surface area contributed by atoms with Gasteiger partial charge in [0.15, 0.2) is 0 Å². The first-order chi connectivity index (χ1) is 5.59. The molecule has 1 saturated heterocycles. The van der Waals surface area contributed by atoms with Gasteiger partial charge >= 0.3 is 0 Å². The summed E-state index contributed by atoms with van der Waals surface area (Å²) in [4.78, 5) is 24.0. The first-order valence-electron chi connectivity index (χ1n) is 4.15. The van der Waals surface area contributed by atoms with E-state index in [1.54, 1.807) is 13.8 Å². The molecule has 0 saturated carbocycles. The van der Waals surface area contributed by atoms with Gasteiger partial charge in [0, 0.05) is 24.9 Å². The standard InChI is InChI=1S/C8H14N2O2/c1-5-6(2)8(12)10(4-3-9)7(5)11/h5-6H,3-4,9H2,1-2H3. The maximum absolute atomic E-state index is 11.4. The Labute approximate surface area is 71.7 Å². The first-order valence-corrected chi connectivity index (χ1v) is 4.15. The molecule has 1 aliphatic rings. The minimum atomic E-state index is -0.177. The number of amides is 2. The van der Waals surface area contributed by atoms with E-state index in [4.69, 9.17) is 5.73 Å². The molecule has 0 radical (unpaired) electrons. The summed E-state index contributed by atoms with van der Waals surface area (Å²) in [6.07, 6.45) is 0. The number of hydrogen-bond acceptors (Lipinski definition) is 3. The normalized spacial score (nSPS) is 30.1. The zero-order chi connectivity index (χ0) is 9.30. The van der Waals surface area contributed by atoms with Crippen LogP contribution in [0.25, 0.3) is 0 Å². The summed E-state index contributed by atoms with van der Waals surface area (Å²) >= 11 is 0. The SMILES string of the molecule is CC1C(=O)N(CCN)C(=O)C1C. The molecule has 2 atom stereocenters. The summed E-state index contributed by atoms with van der Waals surface area (Å²) < 4.78 is 0. The molecule has 0 spiro atoms. The highest BCUT2D eigenvalue weighted by atomic mass is 16.2. The van der Waals surface area contributed by atoms with Gasteiger partial charge in [-0.25, -0.2) is 0 Å². The average Bonchev–Trinajstić information content (AvgIpc) is 2.23. The number of likely N-dealkylation sites (tertiary alicyclic amines) is 1. The van der Waals surface area contributed by atoms with Gasteiger partial charge in [-0.15, -0.1) is 0 Å². The number of imide groups is 1. The predicted molar refractivity (Wildman–Crippen MR) is 44.1 cm³/mol. The van der Waals surface area contributed by atoms with Crippen molar-refractivity contribution in [3.8, 4) is 0 Å². The topological polar surface area (TPSA) is 63.4 Å². The molecule has 68 valence electrons. The molecule has 12 heavy (non-hydrogen) atoms. The summed E-state index contributed by atoms with van der Waals surface area (Å²) in [6, 6.07) is 0. The third-order valence-corrected chi connectivity index (χ3v) is 2.41. The van der Waals surface area contributed by atoms with Crippen LogP contribution in [0.2, 0.25) is 0 Å². The van der Waals surface area contributed by atoms with Crippen LogP contribution in [0.15, 0.2) is 0 Å². The zero-order valence-corrected chi connectivity index (χ0v) is 7.41. The van der Waals surface area contributed by atoms with Crippen molar-refractivity contribution >= 4 is 11.8 Å². The van der Waals surface area contributed by atoms with E-state index in [2.05, 4.69) is 0 Å². The van der Waals surface area contributed by atoms with E-state index in [-0.39, 0.29) is 23.7 Å². The molecule has 2 unspecified atom stereocenters. The van der Waals surface area contributed by atoms with Crippen molar-refractivity contribution in [2.75, 3.05) is 13.1 Å².